The van der Waals surface area contributed by atoms with E-state index in [1.165, 1.54) is 30.3 Å². The van der Waals surface area contributed by atoms with E-state index < -0.39 is 12.7 Å². The maximum Gasteiger partial charge on any atom is 0.387 e. The van der Waals surface area contributed by atoms with Crippen LogP contribution in [0.2, 0.25) is 0 Å². The van der Waals surface area contributed by atoms with Crippen LogP contribution < -0.4 is 10.1 Å². The lowest BCUT2D eigenvalue weighted by atomic mass is 10.1. The van der Waals surface area contributed by atoms with E-state index in [0.29, 0.717) is 11.1 Å². The van der Waals surface area contributed by atoms with Gasteiger partial charge in [-0.15, -0.1) is 0 Å². The molecule has 0 heterocycles. The lowest BCUT2D eigenvalue weighted by Crippen LogP contribution is -2.25. The van der Waals surface area contributed by atoms with Gasteiger partial charge in [0.2, 0.25) is 0 Å². The number of nitrogens with one attached hydrogen (secondary N) is 1. The molecule has 0 aliphatic heterocycles. The molecule has 0 radical (unpaired) electrons. The van der Waals surface area contributed by atoms with Crippen molar-refractivity contribution in [3.63, 3.8) is 0 Å². The lowest BCUT2D eigenvalue weighted by molar-refractivity contribution is -0.0498. The second-order valence-corrected chi connectivity index (χ2v) is 5.11. The average molecular weight is 325 g/mol. The Morgan fingerprint density at radius 2 is 1.74 bits per heavy atom. The summed E-state index contributed by atoms with van der Waals surface area (Å²) in [6.45, 7) is -0.885. The van der Waals surface area contributed by atoms with Gasteiger partial charge >= 0.3 is 6.61 Å². The summed E-state index contributed by atoms with van der Waals surface area (Å²) >= 11 is 0. The van der Waals surface area contributed by atoms with Crippen molar-refractivity contribution in [1.82, 2.24) is 5.32 Å². The highest BCUT2D eigenvalue weighted by Gasteiger charge is 2.13. The number of aliphatic hydroxyl groups is 1. The van der Waals surface area contributed by atoms with Crippen molar-refractivity contribution >= 4 is 0 Å². The first-order chi connectivity index (χ1) is 11.0. The van der Waals surface area contributed by atoms with Crippen LogP contribution in [-0.4, -0.2) is 18.3 Å². The largest absolute Gasteiger partial charge is 0.435 e. The number of ether oxygens (including phenoxy) is 1. The molecule has 0 aliphatic carbocycles. The number of aliphatic hydroxyl groups excluding tert-OH is 1. The predicted octanol–water partition coefficient (Wildman–Crippen LogP) is 3.81. The predicted molar refractivity (Wildman–Crippen MR) is 80.9 cm³/mol. The molecule has 2 unspecified atom stereocenters. The summed E-state index contributed by atoms with van der Waals surface area (Å²) in [4.78, 5) is 0. The van der Waals surface area contributed by atoms with E-state index in [-0.39, 0.29) is 24.2 Å². The van der Waals surface area contributed by atoms with Crippen LogP contribution in [0.4, 0.5) is 13.2 Å². The Morgan fingerprint density at radius 1 is 1.09 bits per heavy atom. The summed E-state index contributed by atoms with van der Waals surface area (Å²) in [7, 11) is 0. The lowest BCUT2D eigenvalue weighted by Gasteiger charge is -2.18. The minimum Gasteiger partial charge on any atom is -0.435 e. The summed E-state index contributed by atoms with van der Waals surface area (Å²) in [6, 6.07) is 11.9. The quantitative estimate of drug-likeness (QED) is 0.813. The SMILES string of the molecule is CC(NCC(O)c1ccc(OC(F)F)cc1)c1ccccc1F. The second kappa shape index (κ2) is 7.99. The Hall–Kier alpha value is -2.05. The zero-order valence-corrected chi connectivity index (χ0v) is 12.5. The van der Waals surface area contributed by atoms with Crippen molar-refractivity contribution in [3.05, 3.63) is 65.5 Å². The molecule has 2 N–H and O–H groups in total. The van der Waals surface area contributed by atoms with Crippen LogP contribution in [0.15, 0.2) is 48.5 Å². The first-order valence-electron chi connectivity index (χ1n) is 7.18. The minimum absolute atomic E-state index is 0.0311. The Balaban J connectivity index is 1.91. The Kier molecular flexibility index (Phi) is 6.01. The Morgan fingerprint density at radius 3 is 2.35 bits per heavy atom. The van der Waals surface area contributed by atoms with Gasteiger partial charge < -0.3 is 15.2 Å². The molecule has 6 heteroatoms. The Bertz CT molecular complexity index is 619. The molecule has 124 valence electrons. The van der Waals surface area contributed by atoms with Gasteiger partial charge in [-0.1, -0.05) is 30.3 Å². The second-order valence-electron chi connectivity index (χ2n) is 5.11. The first-order valence-corrected chi connectivity index (χ1v) is 7.18. The van der Waals surface area contributed by atoms with E-state index in [2.05, 4.69) is 10.1 Å². The van der Waals surface area contributed by atoms with E-state index in [0.717, 1.165) is 0 Å². The van der Waals surface area contributed by atoms with Crippen LogP contribution in [0.1, 0.15) is 30.2 Å². The molecule has 2 aromatic carbocycles. The summed E-state index contributed by atoms with van der Waals surface area (Å²) < 4.78 is 42.0. The van der Waals surface area contributed by atoms with E-state index in [1.54, 1.807) is 25.1 Å². The van der Waals surface area contributed by atoms with E-state index in [9.17, 15) is 18.3 Å². The van der Waals surface area contributed by atoms with Gasteiger partial charge in [0.25, 0.3) is 0 Å². The van der Waals surface area contributed by atoms with Crippen molar-refractivity contribution in [2.24, 2.45) is 0 Å². The molecule has 0 saturated heterocycles. The van der Waals surface area contributed by atoms with Crippen molar-refractivity contribution in [2.75, 3.05) is 6.54 Å². The van der Waals surface area contributed by atoms with E-state index >= 15 is 0 Å². The summed E-state index contributed by atoms with van der Waals surface area (Å²) in [5.41, 5.74) is 1.07. The highest BCUT2D eigenvalue weighted by atomic mass is 19.3. The maximum atomic E-state index is 13.7. The molecule has 0 spiro atoms. The minimum atomic E-state index is -2.88. The van der Waals surface area contributed by atoms with E-state index in [4.69, 9.17) is 0 Å². The molecular formula is C17H18F3NO2. The number of alkyl halides is 2. The molecule has 23 heavy (non-hydrogen) atoms. The molecule has 0 amide bonds. The molecule has 0 bridgehead atoms. The van der Waals surface area contributed by atoms with Crippen LogP contribution in [0.3, 0.4) is 0 Å². The third kappa shape index (κ3) is 4.97. The normalized spacial score (nSPS) is 13.8. The van der Waals surface area contributed by atoms with Gasteiger partial charge in [-0.3, -0.25) is 0 Å². The average Bonchev–Trinajstić information content (AvgIpc) is 2.53. The van der Waals surface area contributed by atoms with Crippen LogP contribution in [0.5, 0.6) is 5.75 Å². The molecule has 3 nitrogen and oxygen atoms in total. The standard InChI is InChI=1S/C17H18F3NO2/c1-11(14-4-2-3-5-15(14)18)21-10-16(22)12-6-8-13(9-7-12)23-17(19)20/h2-9,11,16-17,21-22H,10H2,1H3. The number of benzene rings is 2. The van der Waals surface area contributed by atoms with Crippen LogP contribution in [0, 0.1) is 5.82 Å². The van der Waals surface area contributed by atoms with Crippen molar-refractivity contribution in [2.45, 2.75) is 25.7 Å². The number of rotatable bonds is 7. The zero-order valence-electron chi connectivity index (χ0n) is 12.5. The van der Waals surface area contributed by atoms with Gasteiger partial charge in [0.05, 0.1) is 6.10 Å². The smallest absolute Gasteiger partial charge is 0.387 e. The van der Waals surface area contributed by atoms with Crippen LogP contribution in [0.25, 0.3) is 0 Å². The topological polar surface area (TPSA) is 41.5 Å². The van der Waals surface area contributed by atoms with Gasteiger partial charge in [-0.05, 0) is 30.7 Å². The fraction of sp³-hybridized carbons (Fsp3) is 0.294. The number of hydrogen-bond donors (Lipinski definition) is 2. The van der Waals surface area contributed by atoms with Gasteiger partial charge in [0.1, 0.15) is 11.6 Å². The zero-order chi connectivity index (χ0) is 16.8. The van der Waals surface area contributed by atoms with Crippen LogP contribution in [-0.2, 0) is 0 Å². The molecule has 2 atom stereocenters. The molecule has 2 aromatic rings. The van der Waals surface area contributed by atoms with Gasteiger partial charge in [0.15, 0.2) is 0 Å². The molecule has 2 rings (SSSR count). The third-order valence-electron chi connectivity index (χ3n) is 3.48. The van der Waals surface area contributed by atoms with Crippen LogP contribution >= 0.6 is 0 Å². The highest BCUT2D eigenvalue weighted by molar-refractivity contribution is 5.29. The van der Waals surface area contributed by atoms with Crippen molar-refractivity contribution in [3.8, 4) is 5.75 Å². The van der Waals surface area contributed by atoms with Crippen molar-refractivity contribution < 1.29 is 23.0 Å². The number of hydrogen-bond acceptors (Lipinski definition) is 3. The summed E-state index contributed by atoms with van der Waals surface area (Å²) in [6.07, 6.45) is -0.843. The fourth-order valence-corrected chi connectivity index (χ4v) is 2.21. The molecular weight excluding hydrogens is 307 g/mol. The fourth-order valence-electron chi connectivity index (χ4n) is 2.21. The number of halogens is 3. The summed E-state index contributed by atoms with van der Waals surface area (Å²) in [5, 5.41) is 13.2. The monoisotopic (exact) mass is 325 g/mol. The first kappa shape index (κ1) is 17.3. The van der Waals surface area contributed by atoms with E-state index in [1.807, 2.05) is 0 Å². The molecule has 0 saturated carbocycles. The Labute approximate surface area is 132 Å². The van der Waals surface area contributed by atoms with Gasteiger partial charge in [-0.2, -0.15) is 8.78 Å². The third-order valence-corrected chi connectivity index (χ3v) is 3.48. The van der Waals surface area contributed by atoms with Crippen molar-refractivity contribution in [1.29, 1.82) is 0 Å². The maximum absolute atomic E-state index is 13.7. The van der Waals surface area contributed by atoms with Gasteiger partial charge in [0, 0.05) is 18.2 Å². The van der Waals surface area contributed by atoms with Gasteiger partial charge in [-0.25, -0.2) is 4.39 Å². The summed E-state index contributed by atoms with van der Waals surface area (Å²) in [5.74, 6) is -0.279. The highest BCUT2D eigenvalue weighted by Crippen LogP contribution is 2.21. The molecule has 0 aromatic heterocycles. The molecule has 0 fully saturated rings. The molecule has 0 aliphatic rings.